The maximum atomic E-state index is 12.3. The van der Waals surface area contributed by atoms with E-state index in [9.17, 15) is 20.1 Å². The van der Waals surface area contributed by atoms with E-state index < -0.39 is 6.10 Å². The van der Waals surface area contributed by atoms with Crippen molar-refractivity contribution in [3.63, 3.8) is 0 Å². The van der Waals surface area contributed by atoms with Crippen LogP contribution in [0.5, 0.6) is 11.5 Å². The lowest BCUT2D eigenvalue weighted by Crippen LogP contribution is -2.32. The number of nitrogens with one attached hydrogen (secondary N) is 2. The molecule has 33 heavy (non-hydrogen) atoms. The summed E-state index contributed by atoms with van der Waals surface area (Å²) < 4.78 is 0. The molecule has 6 nitrogen and oxygen atoms in total. The van der Waals surface area contributed by atoms with Gasteiger partial charge in [-0.25, -0.2) is 0 Å². The number of aliphatic hydroxyl groups is 1. The number of carbonyl (C=O) groups excluding carboxylic acids is 1. The van der Waals surface area contributed by atoms with Gasteiger partial charge in [-0.15, -0.1) is 0 Å². The van der Waals surface area contributed by atoms with E-state index >= 15 is 0 Å². The number of phenolic OH excluding ortho intramolecular Hbond substituents is 2. The molecule has 0 saturated carbocycles. The Labute approximate surface area is 194 Å². The van der Waals surface area contributed by atoms with Gasteiger partial charge in [-0.2, -0.15) is 0 Å². The Morgan fingerprint density at radius 3 is 2.27 bits per heavy atom. The van der Waals surface area contributed by atoms with E-state index in [1.54, 1.807) is 0 Å². The van der Waals surface area contributed by atoms with Gasteiger partial charge < -0.3 is 26.0 Å². The van der Waals surface area contributed by atoms with E-state index in [1.807, 2.05) is 49.4 Å². The van der Waals surface area contributed by atoms with Crippen molar-refractivity contribution in [3.8, 4) is 11.5 Å². The second kappa shape index (κ2) is 12.0. The first kappa shape index (κ1) is 24.3. The zero-order valence-corrected chi connectivity index (χ0v) is 18.9. The molecule has 0 bridgehead atoms. The molecule has 2 unspecified atom stereocenters. The molecule has 174 valence electrons. The molecule has 3 aromatic carbocycles. The van der Waals surface area contributed by atoms with Crippen molar-refractivity contribution in [1.29, 1.82) is 0 Å². The molecule has 0 aromatic heterocycles. The summed E-state index contributed by atoms with van der Waals surface area (Å²) in [6.45, 7) is 2.92. The normalized spacial score (nSPS) is 12.8. The summed E-state index contributed by atoms with van der Waals surface area (Å²) in [5.74, 6) is -0.164. The Morgan fingerprint density at radius 1 is 0.879 bits per heavy atom. The number of phenols is 2. The average Bonchev–Trinajstić information content (AvgIpc) is 2.78. The average molecular weight is 449 g/mol. The molecule has 5 N–H and O–H groups in total. The summed E-state index contributed by atoms with van der Waals surface area (Å²) in [5, 5.41) is 35.8. The number of benzene rings is 3. The van der Waals surface area contributed by atoms with Crippen LogP contribution >= 0.6 is 0 Å². The van der Waals surface area contributed by atoms with Crippen LogP contribution in [0.3, 0.4) is 0 Å². The summed E-state index contributed by atoms with van der Waals surface area (Å²) in [5.41, 5.74) is 3.72. The van der Waals surface area contributed by atoms with Crippen molar-refractivity contribution in [2.75, 3.05) is 13.1 Å². The number of carbonyl (C=O) groups is 1. The van der Waals surface area contributed by atoms with Crippen LogP contribution in [0.4, 0.5) is 0 Å². The molecule has 0 heterocycles. The molecule has 0 radical (unpaired) electrons. The minimum absolute atomic E-state index is 0.00624. The molecule has 0 aliphatic carbocycles. The van der Waals surface area contributed by atoms with Gasteiger partial charge in [-0.3, -0.25) is 4.79 Å². The number of amides is 1. The van der Waals surface area contributed by atoms with Crippen LogP contribution < -0.4 is 10.6 Å². The SMILES string of the molecule is CC(Cc1cccc(CC(=O)NCCc2ccccc2)c1)NCC(O)c1cc(O)cc(O)c1. The van der Waals surface area contributed by atoms with E-state index in [4.69, 9.17) is 0 Å². The lowest BCUT2D eigenvalue weighted by molar-refractivity contribution is -0.120. The highest BCUT2D eigenvalue weighted by molar-refractivity contribution is 5.78. The predicted octanol–water partition coefficient (Wildman–Crippen LogP) is 3.25. The third-order valence-corrected chi connectivity index (χ3v) is 5.45. The molecule has 3 aromatic rings. The summed E-state index contributed by atoms with van der Waals surface area (Å²) in [7, 11) is 0. The fourth-order valence-electron chi connectivity index (χ4n) is 3.77. The topological polar surface area (TPSA) is 102 Å². The standard InChI is InChI=1S/C27H32N2O4/c1-19(29-18-26(32)23-15-24(30)17-25(31)16-23)12-21-8-5-9-22(13-21)14-27(33)28-11-10-20-6-3-2-4-7-20/h2-9,13,15-17,19,26,29-32H,10-12,14,18H2,1H3,(H,28,33). The summed E-state index contributed by atoms with van der Waals surface area (Å²) in [6.07, 6.45) is 1.03. The number of hydrogen-bond acceptors (Lipinski definition) is 5. The molecule has 0 fully saturated rings. The number of rotatable bonds is 11. The Hall–Kier alpha value is -3.35. The van der Waals surface area contributed by atoms with Gasteiger partial charge in [0.2, 0.25) is 5.91 Å². The molecule has 3 rings (SSSR count). The third kappa shape index (κ3) is 8.25. The first-order valence-corrected chi connectivity index (χ1v) is 11.2. The highest BCUT2D eigenvalue weighted by Crippen LogP contribution is 2.24. The Bertz CT molecular complexity index is 1020. The minimum Gasteiger partial charge on any atom is -0.508 e. The van der Waals surface area contributed by atoms with Crippen molar-refractivity contribution in [2.45, 2.75) is 38.3 Å². The van der Waals surface area contributed by atoms with Gasteiger partial charge in [0.15, 0.2) is 0 Å². The van der Waals surface area contributed by atoms with Gasteiger partial charge in [0.1, 0.15) is 11.5 Å². The van der Waals surface area contributed by atoms with Crippen LogP contribution in [0, 0.1) is 0 Å². The zero-order valence-electron chi connectivity index (χ0n) is 18.9. The van der Waals surface area contributed by atoms with Crippen LogP contribution in [0.2, 0.25) is 0 Å². The quantitative estimate of drug-likeness (QED) is 0.310. The smallest absolute Gasteiger partial charge is 0.224 e. The Balaban J connectivity index is 1.44. The van der Waals surface area contributed by atoms with Gasteiger partial charge in [0.25, 0.3) is 0 Å². The van der Waals surface area contributed by atoms with Crippen molar-refractivity contribution >= 4 is 5.91 Å². The molecule has 1 amide bonds. The Morgan fingerprint density at radius 2 is 1.55 bits per heavy atom. The van der Waals surface area contributed by atoms with E-state index in [0.29, 0.717) is 18.5 Å². The van der Waals surface area contributed by atoms with Gasteiger partial charge in [-0.05, 0) is 54.2 Å². The van der Waals surface area contributed by atoms with E-state index in [2.05, 4.69) is 22.8 Å². The maximum absolute atomic E-state index is 12.3. The number of aliphatic hydroxyl groups excluding tert-OH is 1. The molecule has 2 atom stereocenters. The highest BCUT2D eigenvalue weighted by Gasteiger charge is 2.12. The molecule has 0 saturated heterocycles. The van der Waals surface area contributed by atoms with Crippen molar-refractivity contribution in [3.05, 3.63) is 95.1 Å². The summed E-state index contributed by atoms with van der Waals surface area (Å²) in [4.78, 5) is 12.3. The molecule has 0 aliphatic heterocycles. The van der Waals surface area contributed by atoms with Gasteiger partial charge in [0.05, 0.1) is 12.5 Å². The molecule has 6 heteroatoms. The lowest BCUT2D eigenvalue weighted by Gasteiger charge is -2.18. The molecular weight excluding hydrogens is 416 g/mol. The van der Waals surface area contributed by atoms with Gasteiger partial charge in [0, 0.05) is 25.2 Å². The van der Waals surface area contributed by atoms with Crippen LogP contribution in [0.15, 0.2) is 72.8 Å². The van der Waals surface area contributed by atoms with Crippen molar-refractivity contribution in [2.24, 2.45) is 0 Å². The Kier molecular flexibility index (Phi) is 8.87. The second-order valence-corrected chi connectivity index (χ2v) is 8.39. The minimum atomic E-state index is -0.851. The first-order valence-electron chi connectivity index (χ1n) is 11.2. The summed E-state index contributed by atoms with van der Waals surface area (Å²) in [6, 6.07) is 22.2. The molecule has 0 spiro atoms. The monoisotopic (exact) mass is 448 g/mol. The van der Waals surface area contributed by atoms with Crippen molar-refractivity contribution in [1.82, 2.24) is 10.6 Å². The number of aromatic hydroxyl groups is 2. The maximum Gasteiger partial charge on any atom is 0.224 e. The largest absolute Gasteiger partial charge is 0.508 e. The predicted molar refractivity (Wildman–Crippen MR) is 129 cm³/mol. The third-order valence-electron chi connectivity index (χ3n) is 5.45. The van der Waals surface area contributed by atoms with Gasteiger partial charge in [-0.1, -0.05) is 54.6 Å². The van der Waals surface area contributed by atoms with Crippen LogP contribution in [0.25, 0.3) is 0 Å². The van der Waals surface area contributed by atoms with Crippen LogP contribution in [-0.4, -0.2) is 40.4 Å². The second-order valence-electron chi connectivity index (χ2n) is 8.39. The van der Waals surface area contributed by atoms with Crippen LogP contribution in [0.1, 0.15) is 35.3 Å². The summed E-state index contributed by atoms with van der Waals surface area (Å²) >= 11 is 0. The fourth-order valence-corrected chi connectivity index (χ4v) is 3.77. The van der Waals surface area contributed by atoms with E-state index in [1.165, 1.54) is 23.8 Å². The number of hydrogen-bond donors (Lipinski definition) is 5. The molecule has 0 aliphatic rings. The van der Waals surface area contributed by atoms with Gasteiger partial charge >= 0.3 is 0 Å². The zero-order chi connectivity index (χ0) is 23.6. The first-order chi connectivity index (χ1) is 15.9. The fraction of sp³-hybridized carbons (Fsp3) is 0.296. The van der Waals surface area contributed by atoms with E-state index in [-0.39, 0.29) is 30.0 Å². The molecular formula is C27H32N2O4. The van der Waals surface area contributed by atoms with Crippen LogP contribution in [-0.2, 0) is 24.1 Å². The lowest BCUT2D eigenvalue weighted by atomic mass is 10.0. The highest BCUT2D eigenvalue weighted by atomic mass is 16.3. The van der Waals surface area contributed by atoms with E-state index in [0.717, 1.165) is 24.0 Å². The van der Waals surface area contributed by atoms with Crippen molar-refractivity contribution < 1.29 is 20.1 Å².